The highest BCUT2D eigenvalue weighted by Crippen LogP contribution is 2.29. The molecule has 0 aromatic heterocycles. The van der Waals surface area contributed by atoms with E-state index in [1.54, 1.807) is 12.1 Å². The Kier molecular flexibility index (Phi) is 4.14. The lowest BCUT2D eigenvalue weighted by molar-refractivity contribution is 0.109. The van der Waals surface area contributed by atoms with Crippen molar-refractivity contribution in [1.82, 2.24) is 5.32 Å². The zero-order valence-electron chi connectivity index (χ0n) is 11.3. The highest BCUT2D eigenvalue weighted by atomic mass is 19.1. The van der Waals surface area contributed by atoms with E-state index in [1.165, 1.54) is 25.7 Å². The molecule has 2 aliphatic rings. The lowest BCUT2D eigenvalue weighted by Gasteiger charge is -2.19. The van der Waals surface area contributed by atoms with Gasteiger partial charge in [-0.15, -0.1) is 0 Å². The Morgan fingerprint density at radius 3 is 2.68 bits per heavy atom. The van der Waals surface area contributed by atoms with Gasteiger partial charge >= 0.3 is 0 Å². The Hall–Kier alpha value is -0.930. The van der Waals surface area contributed by atoms with Gasteiger partial charge in [-0.1, -0.05) is 18.2 Å². The van der Waals surface area contributed by atoms with E-state index < -0.39 is 0 Å². The zero-order chi connectivity index (χ0) is 13.1. The van der Waals surface area contributed by atoms with Crippen molar-refractivity contribution >= 4 is 0 Å². The predicted molar refractivity (Wildman–Crippen MR) is 73.7 cm³/mol. The van der Waals surface area contributed by atoms with E-state index in [1.807, 2.05) is 12.1 Å². The van der Waals surface area contributed by atoms with Gasteiger partial charge in [-0.25, -0.2) is 4.39 Å². The van der Waals surface area contributed by atoms with Gasteiger partial charge in [-0.05, 0) is 43.2 Å². The second-order valence-corrected chi connectivity index (χ2v) is 5.88. The lowest BCUT2D eigenvalue weighted by atomic mass is 9.99. The highest BCUT2D eigenvalue weighted by molar-refractivity contribution is 5.22. The van der Waals surface area contributed by atoms with Crippen molar-refractivity contribution in [2.24, 2.45) is 5.92 Å². The first-order valence-electron chi connectivity index (χ1n) is 7.38. The smallest absolute Gasteiger partial charge is 0.126 e. The summed E-state index contributed by atoms with van der Waals surface area (Å²) in [7, 11) is 0. The van der Waals surface area contributed by atoms with E-state index in [2.05, 4.69) is 5.32 Å². The van der Waals surface area contributed by atoms with Crippen LogP contribution in [-0.2, 0) is 4.74 Å². The molecule has 2 fully saturated rings. The Morgan fingerprint density at radius 1 is 1.21 bits per heavy atom. The van der Waals surface area contributed by atoms with Crippen LogP contribution in [0, 0.1) is 11.7 Å². The predicted octanol–water partition coefficient (Wildman–Crippen LogP) is 3.09. The molecule has 0 spiro atoms. The Labute approximate surface area is 114 Å². The maximum atomic E-state index is 13.9. The molecule has 2 aliphatic carbocycles. The minimum atomic E-state index is -0.111. The van der Waals surface area contributed by atoms with E-state index in [9.17, 15) is 4.39 Å². The Bertz CT molecular complexity index is 415. The quantitative estimate of drug-likeness (QED) is 0.778. The summed E-state index contributed by atoms with van der Waals surface area (Å²) in [5, 5.41) is 3.49. The van der Waals surface area contributed by atoms with Crippen LogP contribution in [0.1, 0.15) is 37.2 Å². The molecule has 0 aliphatic heterocycles. The summed E-state index contributed by atoms with van der Waals surface area (Å²) in [5.74, 6) is 0.776. The number of rotatable bonds is 8. The van der Waals surface area contributed by atoms with Crippen molar-refractivity contribution in [3.63, 3.8) is 0 Å². The topological polar surface area (TPSA) is 21.3 Å². The van der Waals surface area contributed by atoms with Crippen LogP contribution in [-0.4, -0.2) is 25.8 Å². The molecule has 1 N–H and O–H groups in total. The summed E-state index contributed by atoms with van der Waals surface area (Å²) in [4.78, 5) is 0. The fourth-order valence-corrected chi connectivity index (χ4v) is 2.32. The number of ether oxygens (including phenoxy) is 1. The van der Waals surface area contributed by atoms with Gasteiger partial charge in [0.05, 0.1) is 6.61 Å². The van der Waals surface area contributed by atoms with Crippen LogP contribution in [0.5, 0.6) is 0 Å². The molecule has 2 saturated carbocycles. The summed E-state index contributed by atoms with van der Waals surface area (Å²) in [6.07, 6.45) is 5.11. The minimum absolute atomic E-state index is 0.111. The molecule has 104 valence electrons. The standard InChI is InChI=1S/C16H22FNO/c17-16-4-2-1-3-15(16)13(9-18-14-7-8-14)11-19-10-12-5-6-12/h1-4,12-14,18H,5-11H2. The molecule has 3 rings (SSSR count). The van der Waals surface area contributed by atoms with E-state index in [0.717, 1.165) is 24.6 Å². The monoisotopic (exact) mass is 263 g/mol. The molecule has 1 aromatic rings. The van der Waals surface area contributed by atoms with Crippen LogP contribution in [0.4, 0.5) is 4.39 Å². The molecule has 2 nitrogen and oxygen atoms in total. The van der Waals surface area contributed by atoms with E-state index in [-0.39, 0.29) is 11.7 Å². The fourth-order valence-electron chi connectivity index (χ4n) is 2.32. The van der Waals surface area contributed by atoms with E-state index in [0.29, 0.717) is 12.6 Å². The van der Waals surface area contributed by atoms with Crippen molar-refractivity contribution in [3.05, 3.63) is 35.6 Å². The zero-order valence-corrected chi connectivity index (χ0v) is 11.3. The molecule has 0 amide bonds. The van der Waals surface area contributed by atoms with Crippen molar-refractivity contribution < 1.29 is 9.13 Å². The molecule has 0 heterocycles. The van der Waals surface area contributed by atoms with Crippen molar-refractivity contribution in [3.8, 4) is 0 Å². The van der Waals surface area contributed by atoms with E-state index in [4.69, 9.17) is 4.74 Å². The number of halogens is 1. The first kappa shape index (κ1) is 13.1. The summed E-state index contributed by atoms with van der Waals surface area (Å²) < 4.78 is 19.7. The number of hydrogen-bond acceptors (Lipinski definition) is 2. The molecule has 0 saturated heterocycles. The van der Waals surface area contributed by atoms with Gasteiger partial charge < -0.3 is 10.1 Å². The minimum Gasteiger partial charge on any atom is -0.380 e. The largest absolute Gasteiger partial charge is 0.380 e. The third kappa shape index (κ3) is 4.02. The van der Waals surface area contributed by atoms with Crippen LogP contribution < -0.4 is 5.32 Å². The van der Waals surface area contributed by atoms with Crippen LogP contribution in [0.2, 0.25) is 0 Å². The van der Waals surface area contributed by atoms with Gasteiger partial charge in [0.2, 0.25) is 0 Å². The molecule has 1 unspecified atom stereocenters. The van der Waals surface area contributed by atoms with Gasteiger partial charge in [-0.3, -0.25) is 0 Å². The van der Waals surface area contributed by atoms with Gasteiger partial charge in [0.1, 0.15) is 5.82 Å². The molecule has 0 radical (unpaired) electrons. The Morgan fingerprint density at radius 2 is 2.00 bits per heavy atom. The van der Waals surface area contributed by atoms with Gasteiger partial charge in [0.15, 0.2) is 0 Å². The maximum absolute atomic E-state index is 13.9. The summed E-state index contributed by atoms with van der Waals surface area (Å²) in [6, 6.07) is 7.73. The molecule has 0 bridgehead atoms. The second kappa shape index (κ2) is 6.02. The number of nitrogens with one attached hydrogen (secondary N) is 1. The SMILES string of the molecule is Fc1ccccc1C(CNC1CC1)COCC1CC1. The molecule has 19 heavy (non-hydrogen) atoms. The van der Waals surface area contributed by atoms with E-state index >= 15 is 0 Å². The molecule has 1 atom stereocenters. The third-order valence-electron chi connectivity index (χ3n) is 3.94. The van der Waals surface area contributed by atoms with Crippen LogP contribution in [0.15, 0.2) is 24.3 Å². The molecular weight excluding hydrogens is 241 g/mol. The summed E-state index contributed by atoms with van der Waals surface area (Å²) >= 11 is 0. The average molecular weight is 263 g/mol. The summed E-state index contributed by atoms with van der Waals surface area (Å²) in [5.41, 5.74) is 0.784. The van der Waals surface area contributed by atoms with Crippen molar-refractivity contribution in [2.45, 2.75) is 37.6 Å². The average Bonchev–Trinajstić information content (AvgIpc) is 3.28. The van der Waals surface area contributed by atoms with Crippen molar-refractivity contribution in [2.75, 3.05) is 19.8 Å². The number of hydrogen-bond donors (Lipinski definition) is 1. The lowest BCUT2D eigenvalue weighted by Crippen LogP contribution is -2.27. The Balaban J connectivity index is 1.57. The first-order chi connectivity index (χ1) is 9.33. The van der Waals surface area contributed by atoms with Crippen LogP contribution in [0.3, 0.4) is 0 Å². The van der Waals surface area contributed by atoms with Crippen LogP contribution >= 0.6 is 0 Å². The third-order valence-corrected chi connectivity index (χ3v) is 3.94. The second-order valence-electron chi connectivity index (χ2n) is 5.88. The fraction of sp³-hybridized carbons (Fsp3) is 0.625. The van der Waals surface area contributed by atoms with Gasteiger partial charge in [-0.2, -0.15) is 0 Å². The van der Waals surface area contributed by atoms with Gasteiger partial charge in [0, 0.05) is 25.1 Å². The highest BCUT2D eigenvalue weighted by Gasteiger charge is 2.25. The van der Waals surface area contributed by atoms with Crippen LogP contribution in [0.25, 0.3) is 0 Å². The van der Waals surface area contributed by atoms with Crippen molar-refractivity contribution in [1.29, 1.82) is 0 Å². The first-order valence-corrected chi connectivity index (χ1v) is 7.38. The molecular formula is C16H22FNO. The molecule has 1 aromatic carbocycles. The maximum Gasteiger partial charge on any atom is 0.126 e. The van der Waals surface area contributed by atoms with Gasteiger partial charge in [0.25, 0.3) is 0 Å². The number of benzene rings is 1. The normalized spacial score (nSPS) is 20.5. The summed E-state index contributed by atoms with van der Waals surface area (Å²) in [6.45, 7) is 2.28. The molecule has 3 heteroatoms.